The summed E-state index contributed by atoms with van der Waals surface area (Å²) in [5, 5.41) is 9.65. The summed E-state index contributed by atoms with van der Waals surface area (Å²) in [6.45, 7) is 7.97. The summed E-state index contributed by atoms with van der Waals surface area (Å²) in [6, 6.07) is 0. The standard InChI is InChI=1S/C10H16O/c1-8(2)10(3)7-5-4-6-9(10)11/h4,6,9,11H,1,5,7H2,2-3H3/t9-,10+/m1/s1. The van der Waals surface area contributed by atoms with E-state index in [1.54, 1.807) is 0 Å². The van der Waals surface area contributed by atoms with Crippen LogP contribution >= 0.6 is 0 Å². The topological polar surface area (TPSA) is 20.2 Å². The van der Waals surface area contributed by atoms with E-state index in [-0.39, 0.29) is 11.5 Å². The highest BCUT2D eigenvalue weighted by atomic mass is 16.3. The van der Waals surface area contributed by atoms with Crippen LogP contribution in [0.4, 0.5) is 0 Å². The molecule has 0 unspecified atom stereocenters. The Balaban J connectivity index is 2.85. The van der Waals surface area contributed by atoms with Crippen LogP contribution in [-0.2, 0) is 0 Å². The molecule has 0 aromatic rings. The third-order valence-corrected chi connectivity index (χ3v) is 2.78. The summed E-state index contributed by atoms with van der Waals surface area (Å²) in [4.78, 5) is 0. The molecule has 1 rings (SSSR count). The molecule has 1 aliphatic rings. The minimum atomic E-state index is -0.339. The Hall–Kier alpha value is -0.560. The van der Waals surface area contributed by atoms with Crippen molar-refractivity contribution in [2.24, 2.45) is 5.41 Å². The monoisotopic (exact) mass is 152 g/mol. The fourth-order valence-electron chi connectivity index (χ4n) is 1.43. The van der Waals surface area contributed by atoms with Crippen molar-refractivity contribution in [1.82, 2.24) is 0 Å². The van der Waals surface area contributed by atoms with E-state index in [9.17, 15) is 5.11 Å². The zero-order chi connectivity index (χ0) is 8.48. The van der Waals surface area contributed by atoms with E-state index < -0.39 is 0 Å². The van der Waals surface area contributed by atoms with E-state index in [1.165, 1.54) is 0 Å². The Morgan fingerprint density at radius 3 is 2.73 bits per heavy atom. The van der Waals surface area contributed by atoms with Gasteiger partial charge in [-0.15, -0.1) is 0 Å². The molecule has 1 heteroatoms. The predicted molar refractivity (Wildman–Crippen MR) is 47.3 cm³/mol. The Morgan fingerprint density at radius 1 is 1.73 bits per heavy atom. The lowest BCUT2D eigenvalue weighted by molar-refractivity contribution is 0.0912. The number of hydrogen-bond donors (Lipinski definition) is 1. The van der Waals surface area contributed by atoms with Crippen molar-refractivity contribution < 1.29 is 5.11 Å². The van der Waals surface area contributed by atoms with Gasteiger partial charge in [-0.2, -0.15) is 0 Å². The van der Waals surface area contributed by atoms with E-state index in [2.05, 4.69) is 13.5 Å². The van der Waals surface area contributed by atoms with Gasteiger partial charge in [0.1, 0.15) is 0 Å². The largest absolute Gasteiger partial charge is 0.388 e. The van der Waals surface area contributed by atoms with E-state index in [1.807, 2.05) is 19.1 Å². The van der Waals surface area contributed by atoms with Crippen LogP contribution in [0.1, 0.15) is 26.7 Å². The first-order valence-electron chi connectivity index (χ1n) is 4.08. The zero-order valence-corrected chi connectivity index (χ0v) is 7.30. The third-order valence-electron chi connectivity index (χ3n) is 2.78. The minimum absolute atomic E-state index is 0.0885. The maximum absolute atomic E-state index is 9.65. The zero-order valence-electron chi connectivity index (χ0n) is 7.30. The van der Waals surface area contributed by atoms with Gasteiger partial charge < -0.3 is 5.11 Å². The molecule has 0 heterocycles. The lowest BCUT2D eigenvalue weighted by Gasteiger charge is -2.36. The second-order valence-electron chi connectivity index (χ2n) is 3.61. The number of aliphatic hydroxyl groups excluding tert-OH is 1. The van der Waals surface area contributed by atoms with Crippen LogP contribution in [0, 0.1) is 5.41 Å². The average Bonchev–Trinajstić information content (AvgIpc) is 1.95. The molecule has 62 valence electrons. The SMILES string of the molecule is C=C(C)[C@]1(C)CCC=C[C@H]1O. The second kappa shape index (κ2) is 2.82. The van der Waals surface area contributed by atoms with Crippen LogP contribution < -0.4 is 0 Å². The molecule has 0 aromatic heterocycles. The molecule has 1 N–H and O–H groups in total. The molecule has 0 fully saturated rings. The fourth-order valence-corrected chi connectivity index (χ4v) is 1.43. The van der Waals surface area contributed by atoms with Crippen LogP contribution in [0.2, 0.25) is 0 Å². The van der Waals surface area contributed by atoms with Crippen LogP contribution in [0.25, 0.3) is 0 Å². The second-order valence-corrected chi connectivity index (χ2v) is 3.61. The lowest BCUT2D eigenvalue weighted by atomic mass is 9.72. The number of allylic oxidation sites excluding steroid dienone is 1. The number of rotatable bonds is 1. The van der Waals surface area contributed by atoms with E-state index in [0.29, 0.717) is 0 Å². The van der Waals surface area contributed by atoms with Gasteiger partial charge in [-0.3, -0.25) is 0 Å². The predicted octanol–water partition coefficient (Wildman–Crippen LogP) is 2.28. The van der Waals surface area contributed by atoms with Gasteiger partial charge in [-0.25, -0.2) is 0 Å². The van der Waals surface area contributed by atoms with Crippen molar-refractivity contribution in [3.05, 3.63) is 24.3 Å². The van der Waals surface area contributed by atoms with Crippen molar-refractivity contribution in [3.8, 4) is 0 Å². The molecule has 1 nitrogen and oxygen atoms in total. The van der Waals surface area contributed by atoms with Crippen molar-refractivity contribution in [1.29, 1.82) is 0 Å². The molecular formula is C10H16O. The van der Waals surface area contributed by atoms with Gasteiger partial charge in [0.2, 0.25) is 0 Å². The van der Waals surface area contributed by atoms with Gasteiger partial charge in [0, 0.05) is 5.41 Å². The van der Waals surface area contributed by atoms with Gasteiger partial charge in [0.25, 0.3) is 0 Å². The van der Waals surface area contributed by atoms with Crippen molar-refractivity contribution in [3.63, 3.8) is 0 Å². The van der Waals surface area contributed by atoms with Crippen LogP contribution in [-0.4, -0.2) is 11.2 Å². The Kier molecular flexibility index (Phi) is 2.19. The molecule has 0 radical (unpaired) electrons. The average molecular weight is 152 g/mol. The third kappa shape index (κ3) is 1.38. The summed E-state index contributed by atoms with van der Waals surface area (Å²) in [6.07, 6.45) is 5.64. The van der Waals surface area contributed by atoms with E-state index in [0.717, 1.165) is 18.4 Å². The van der Waals surface area contributed by atoms with Gasteiger partial charge in [0.05, 0.1) is 6.10 Å². The highest BCUT2D eigenvalue weighted by Gasteiger charge is 2.33. The van der Waals surface area contributed by atoms with Gasteiger partial charge in [-0.1, -0.05) is 31.2 Å². The smallest absolute Gasteiger partial charge is 0.0811 e. The van der Waals surface area contributed by atoms with Crippen LogP contribution in [0.3, 0.4) is 0 Å². The summed E-state index contributed by atoms with van der Waals surface area (Å²) in [5.74, 6) is 0. The molecular weight excluding hydrogens is 136 g/mol. The lowest BCUT2D eigenvalue weighted by Crippen LogP contribution is -2.33. The van der Waals surface area contributed by atoms with Crippen LogP contribution in [0.5, 0.6) is 0 Å². The highest BCUT2D eigenvalue weighted by molar-refractivity contribution is 5.16. The first-order valence-corrected chi connectivity index (χ1v) is 4.08. The van der Waals surface area contributed by atoms with Gasteiger partial charge in [-0.05, 0) is 19.8 Å². The quantitative estimate of drug-likeness (QED) is 0.571. The normalized spacial score (nSPS) is 37.2. The summed E-state index contributed by atoms with van der Waals surface area (Å²) < 4.78 is 0. The van der Waals surface area contributed by atoms with E-state index >= 15 is 0 Å². The Labute approximate surface area is 68.4 Å². The Morgan fingerprint density at radius 2 is 2.36 bits per heavy atom. The van der Waals surface area contributed by atoms with Gasteiger partial charge >= 0.3 is 0 Å². The molecule has 11 heavy (non-hydrogen) atoms. The van der Waals surface area contributed by atoms with Crippen molar-refractivity contribution >= 4 is 0 Å². The molecule has 0 bridgehead atoms. The molecule has 0 aromatic carbocycles. The summed E-state index contributed by atoms with van der Waals surface area (Å²) >= 11 is 0. The molecule has 1 aliphatic carbocycles. The first kappa shape index (κ1) is 8.54. The molecule has 0 aliphatic heterocycles. The summed E-state index contributed by atoms with van der Waals surface area (Å²) in [5.41, 5.74) is 0.990. The maximum Gasteiger partial charge on any atom is 0.0811 e. The molecule has 0 saturated carbocycles. The van der Waals surface area contributed by atoms with Crippen molar-refractivity contribution in [2.75, 3.05) is 0 Å². The molecule has 0 saturated heterocycles. The van der Waals surface area contributed by atoms with E-state index in [4.69, 9.17) is 0 Å². The maximum atomic E-state index is 9.65. The minimum Gasteiger partial charge on any atom is -0.388 e. The molecule has 0 spiro atoms. The molecule has 0 amide bonds. The van der Waals surface area contributed by atoms with Gasteiger partial charge in [0.15, 0.2) is 0 Å². The Bertz CT molecular complexity index is 193. The van der Waals surface area contributed by atoms with Crippen LogP contribution in [0.15, 0.2) is 24.3 Å². The number of aliphatic hydroxyl groups is 1. The first-order chi connectivity index (χ1) is 5.07. The summed E-state index contributed by atoms with van der Waals surface area (Å²) in [7, 11) is 0. The molecule has 2 atom stereocenters. The number of hydrogen-bond acceptors (Lipinski definition) is 1. The fraction of sp³-hybridized carbons (Fsp3) is 0.600. The van der Waals surface area contributed by atoms with Crippen molar-refractivity contribution in [2.45, 2.75) is 32.8 Å². The highest BCUT2D eigenvalue weighted by Crippen LogP contribution is 2.38.